The largest absolute Gasteiger partial charge is 0.393 e. The van der Waals surface area contributed by atoms with Gasteiger partial charge in [0, 0.05) is 6.04 Å². The third-order valence-corrected chi connectivity index (χ3v) is 4.62. The van der Waals surface area contributed by atoms with Crippen LogP contribution in [-0.4, -0.2) is 27.4 Å². The monoisotopic (exact) mass is 289 g/mol. The van der Waals surface area contributed by atoms with Crippen molar-refractivity contribution in [3.8, 4) is 0 Å². The predicted molar refractivity (Wildman–Crippen MR) is 80.9 cm³/mol. The summed E-state index contributed by atoms with van der Waals surface area (Å²) in [5.41, 5.74) is 1.31. The fraction of sp³-hybridized carbons (Fsp3) is 0.467. The molecule has 1 aliphatic rings. The maximum Gasteiger partial charge on any atom is 0.205 e. The van der Waals surface area contributed by atoms with Crippen LogP contribution >= 0.6 is 11.3 Å². The van der Waals surface area contributed by atoms with Gasteiger partial charge in [-0.1, -0.05) is 41.7 Å². The molecular formula is C15H19N3OS. The third-order valence-electron chi connectivity index (χ3n) is 3.85. The Morgan fingerprint density at radius 1 is 1.30 bits per heavy atom. The Balaban J connectivity index is 1.70. The molecule has 0 unspecified atom stereocenters. The molecule has 2 aromatic rings. The summed E-state index contributed by atoms with van der Waals surface area (Å²) in [5.74, 6) is 0.509. The fourth-order valence-electron chi connectivity index (χ4n) is 2.68. The van der Waals surface area contributed by atoms with Gasteiger partial charge in [-0.05, 0) is 37.7 Å². The van der Waals surface area contributed by atoms with E-state index in [9.17, 15) is 5.11 Å². The second-order valence-corrected chi connectivity index (χ2v) is 6.63. The molecular weight excluding hydrogens is 270 g/mol. The predicted octanol–water partition coefficient (Wildman–Crippen LogP) is 2.64. The summed E-state index contributed by atoms with van der Waals surface area (Å²) in [4.78, 5) is 0. The van der Waals surface area contributed by atoms with Gasteiger partial charge in [0.2, 0.25) is 5.13 Å². The lowest BCUT2D eigenvalue weighted by atomic mass is 9.75. The number of nitrogens with one attached hydrogen (secondary N) is 1. The second kappa shape index (κ2) is 5.89. The zero-order valence-electron chi connectivity index (χ0n) is 11.5. The second-order valence-electron chi connectivity index (χ2n) is 5.45. The Morgan fingerprint density at radius 2 is 2.05 bits per heavy atom. The zero-order chi connectivity index (χ0) is 13.9. The number of hydrogen-bond acceptors (Lipinski definition) is 5. The average molecular weight is 289 g/mol. The number of hydrogen-bond donors (Lipinski definition) is 2. The molecule has 20 heavy (non-hydrogen) atoms. The number of aryl methyl sites for hydroxylation is 1. The molecule has 1 aliphatic carbocycles. The number of nitrogens with zero attached hydrogens (tertiary/aromatic N) is 2. The molecule has 1 aromatic heterocycles. The summed E-state index contributed by atoms with van der Waals surface area (Å²) < 4.78 is 0. The van der Waals surface area contributed by atoms with Crippen LogP contribution in [0.2, 0.25) is 0 Å². The van der Waals surface area contributed by atoms with Crippen molar-refractivity contribution in [1.29, 1.82) is 0 Å². The number of aliphatic hydroxyl groups excluding tert-OH is 1. The molecule has 0 aliphatic heterocycles. The van der Waals surface area contributed by atoms with Gasteiger partial charge in [-0.15, -0.1) is 10.2 Å². The SMILES string of the molecule is Cc1nnc(N[C@@H](Cc2ccccc2)C2CC(O)C2)s1. The van der Waals surface area contributed by atoms with Crippen molar-refractivity contribution in [1.82, 2.24) is 10.2 Å². The van der Waals surface area contributed by atoms with Gasteiger partial charge in [-0.25, -0.2) is 0 Å². The van der Waals surface area contributed by atoms with E-state index < -0.39 is 0 Å². The highest BCUT2D eigenvalue weighted by atomic mass is 32.1. The molecule has 2 N–H and O–H groups in total. The highest BCUT2D eigenvalue weighted by Gasteiger charge is 2.34. The maximum atomic E-state index is 9.55. The van der Waals surface area contributed by atoms with Crippen LogP contribution in [0.25, 0.3) is 0 Å². The quantitative estimate of drug-likeness (QED) is 0.888. The highest BCUT2D eigenvalue weighted by Crippen LogP contribution is 2.33. The van der Waals surface area contributed by atoms with Crippen LogP contribution < -0.4 is 5.32 Å². The van der Waals surface area contributed by atoms with E-state index in [1.165, 1.54) is 5.56 Å². The van der Waals surface area contributed by atoms with E-state index in [1.807, 2.05) is 13.0 Å². The molecule has 5 heteroatoms. The normalized spacial score (nSPS) is 23.1. The first kappa shape index (κ1) is 13.5. The highest BCUT2D eigenvalue weighted by molar-refractivity contribution is 7.15. The molecule has 4 nitrogen and oxygen atoms in total. The van der Waals surface area contributed by atoms with Crippen LogP contribution in [0.3, 0.4) is 0 Å². The Bertz CT molecular complexity index is 551. The molecule has 3 rings (SSSR count). The molecule has 106 valence electrons. The zero-order valence-corrected chi connectivity index (χ0v) is 12.3. The van der Waals surface area contributed by atoms with Crippen molar-refractivity contribution in [3.05, 3.63) is 40.9 Å². The summed E-state index contributed by atoms with van der Waals surface area (Å²) in [5, 5.41) is 23.1. The summed E-state index contributed by atoms with van der Waals surface area (Å²) in [6.07, 6.45) is 2.58. The van der Waals surface area contributed by atoms with Gasteiger partial charge in [0.25, 0.3) is 0 Å². The first-order valence-corrected chi connectivity index (χ1v) is 7.81. The van der Waals surface area contributed by atoms with Crippen LogP contribution in [0.15, 0.2) is 30.3 Å². The van der Waals surface area contributed by atoms with Crippen LogP contribution in [-0.2, 0) is 6.42 Å². The minimum Gasteiger partial charge on any atom is -0.393 e. The van der Waals surface area contributed by atoms with Crippen molar-refractivity contribution >= 4 is 16.5 Å². The molecule has 1 heterocycles. The molecule has 0 spiro atoms. The standard InChI is InChI=1S/C15H19N3OS/c1-10-17-18-15(20-10)16-14(12-8-13(19)9-12)7-11-5-3-2-4-6-11/h2-6,12-14,19H,7-9H2,1H3,(H,16,18)/t12?,13?,14-/m0/s1. The van der Waals surface area contributed by atoms with Gasteiger partial charge in [0.1, 0.15) is 5.01 Å². The first-order chi connectivity index (χ1) is 9.70. The number of aliphatic hydroxyl groups is 1. The van der Waals surface area contributed by atoms with E-state index in [1.54, 1.807) is 11.3 Å². The number of anilines is 1. The Kier molecular flexibility index (Phi) is 3.98. The van der Waals surface area contributed by atoms with Crippen LogP contribution in [0.4, 0.5) is 5.13 Å². The van der Waals surface area contributed by atoms with Crippen molar-refractivity contribution in [2.45, 2.75) is 38.3 Å². The maximum absolute atomic E-state index is 9.55. The summed E-state index contributed by atoms with van der Waals surface area (Å²) in [7, 11) is 0. The van der Waals surface area contributed by atoms with E-state index in [0.717, 1.165) is 29.4 Å². The van der Waals surface area contributed by atoms with E-state index in [2.05, 4.69) is 39.8 Å². The van der Waals surface area contributed by atoms with E-state index >= 15 is 0 Å². The third kappa shape index (κ3) is 3.16. The summed E-state index contributed by atoms with van der Waals surface area (Å²) >= 11 is 1.58. The molecule has 0 saturated heterocycles. The molecule has 1 aromatic carbocycles. The Labute approximate surface area is 122 Å². The Morgan fingerprint density at radius 3 is 2.65 bits per heavy atom. The van der Waals surface area contributed by atoms with Crippen molar-refractivity contribution < 1.29 is 5.11 Å². The van der Waals surface area contributed by atoms with Crippen LogP contribution in [0.5, 0.6) is 0 Å². The molecule has 0 amide bonds. The van der Waals surface area contributed by atoms with Gasteiger partial charge in [0.15, 0.2) is 0 Å². The van der Waals surface area contributed by atoms with Gasteiger partial charge in [-0.3, -0.25) is 0 Å². The topological polar surface area (TPSA) is 58.0 Å². The molecule has 0 radical (unpaired) electrons. The van der Waals surface area contributed by atoms with Gasteiger partial charge in [0.05, 0.1) is 6.10 Å². The van der Waals surface area contributed by atoms with Gasteiger partial charge in [-0.2, -0.15) is 0 Å². The van der Waals surface area contributed by atoms with Gasteiger partial charge >= 0.3 is 0 Å². The van der Waals surface area contributed by atoms with E-state index in [-0.39, 0.29) is 6.10 Å². The van der Waals surface area contributed by atoms with E-state index in [0.29, 0.717) is 12.0 Å². The number of aromatic nitrogens is 2. The molecule has 1 saturated carbocycles. The average Bonchev–Trinajstić information content (AvgIpc) is 2.81. The summed E-state index contributed by atoms with van der Waals surface area (Å²) in [6.45, 7) is 1.96. The lowest BCUT2D eigenvalue weighted by Gasteiger charge is -2.38. The van der Waals surface area contributed by atoms with Crippen molar-refractivity contribution in [3.63, 3.8) is 0 Å². The lowest BCUT2D eigenvalue weighted by Crippen LogP contribution is -2.42. The summed E-state index contributed by atoms with van der Waals surface area (Å²) in [6, 6.07) is 10.8. The number of rotatable bonds is 5. The van der Waals surface area contributed by atoms with Gasteiger partial charge < -0.3 is 10.4 Å². The van der Waals surface area contributed by atoms with Crippen molar-refractivity contribution in [2.24, 2.45) is 5.92 Å². The van der Waals surface area contributed by atoms with Crippen molar-refractivity contribution in [2.75, 3.05) is 5.32 Å². The van der Waals surface area contributed by atoms with Crippen LogP contribution in [0, 0.1) is 12.8 Å². The molecule has 0 bridgehead atoms. The Hall–Kier alpha value is -1.46. The smallest absolute Gasteiger partial charge is 0.205 e. The minimum atomic E-state index is -0.128. The first-order valence-electron chi connectivity index (χ1n) is 6.99. The number of benzene rings is 1. The molecule has 1 atom stereocenters. The van der Waals surface area contributed by atoms with Crippen LogP contribution in [0.1, 0.15) is 23.4 Å². The minimum absolute atomic E-state index is 0.128. The molecule has 1 fully saturated rings. The lowest BCUT2D eigenvalue weighted by molar-refractivity contribution is 0.0342. The van der Waals surface area contributed by atoms with E-state index in [4.69, 9.17) is 0 Å². The fourth-order valence-corrected chi connectivity index (χ4v) is 3.33.